The van der Waals surface area contributed by atoms with Gasteiger partial charge in [-0.25, -0.2) is 9.18 Å². The number of carbonyl (C=O) groups is 1. The molecule has 0 spiro atoms. The molecule has 0 fully saturated rings. The summed E-state index contributed by atoms with van der Waals surface area (Å²) in [5, 5.41) is 6.53. The minimum Gasteiger partial charge on any atom is -0.466 e. The van der Waals surface area contributed by atoms with Crippen LogP contribution < -0.4 is 10.6 Å². The third kappa shape index (κ3) is 3.18. The van der Waals surface area contributed by atoms with Gasteiger partial charge in [0.2, 0.25) is 0 Å². The molecule has 0 bridgehead atoms. The van der Waals surface area contributed by atoms with Crippen LogP contribution in [0.5, 0.6) is 0 Å². The topological polar surface area (TPSA) is 50.4 Å². The van der Waals surface area contributed by atoms with E-state index in [1.807, 2.05) is 12.1 Å². The zero-order chi connectivity index (χ0) is 17.3. The molecule has 2 heterocycles. The van der Waals surface area contributed by atoms with Gasteiger partial charge in [-0.15, -0.1) is 11.3 Å². The predicted molar refractivity (Wildman–Crippen MR) is 96.0 cm³/mol. The highest BCUT2D eigenvalue weighted by Crippen LogP contribution is 2.36. The Morgan fingerprint density at radius 2 is 1.96 bits per heavy atom. The molecule has 3 rings (SSSR count). The number of rotatable bonds is 3. The number of thiophene rings is 1. The summed E-state index contributed by atoms with van der Waals surface area (Å²) in [6.45, 7) is 1.79. The van der Waals surface area contributed by atoms with Gasteiger partial charge in [0.05, 0.1) is 18.7 Å². The van der Waals surface area contributed by atoms with Crippen molar-refractivity contribution in [3.63, 3.8) is 0 Å². The molecule has 0 aliphatic carbocycles. The predicted octanol–water partition coefficient (Wildman–Crippen LogP) is 3.52. The maximum absolute atomic E-state index is 13.1. The van der Waals surface area contributed by atoms with Crippen molar-refractivity contribution < 1.29 is 13.9 Å². The number of halogens is 1. The van der Waals surface area contributed by atoms with E-state index in [0.29, 0.717) is 16.4 Å². The summed E-state index contributed by atoms with van der Waals surface area (Å²) in [6, 6.07) is 9.83. The molecule has 0 saturated heterocycles. The molecule has 0 amide bonds. The van der Waals surface area contributed by atoms with Crippen LogP contribution in [0.25, 0.3) is 10.4 Å². The second-order valence-corrected chi connectivity index (χ2v) is 6.79. The van der Waals surface area contributed by atoms with Crippen LogP contribution in [-0.4, -0.2) is 18.2 Å². The summed E-state index contributed by atoms with van der Waals surface area (Å²) >= 11 is 6.72. The van der Waals surface area contributed by atoms with E-state index in [1.165, 1.54) is 30.6 Å². The molecule has 1 unspecified atom stereocenters. The van der Waals surface area contributed by atoms with Crippen molar-refractivity contribution >= 4 is 34.6 Å². The fourth-order valence-electron chi connectivity index (χ4n) is 2.57. The monoisotopic (exact) mass is 362 g/mol. The molecular formula is C17H15FN2O2S2. The second kappa shape index (κ2) is 6.70. The van der Waals surface area contributed by atoms with Gasteiger partial charge in [0.1, 0.15) is 5.82 Å². The minimum absolute atomic E-state index is 0.271. The standard InChI is InChI=1S/C17H15FN2O2S2/c1-9-14(16(21)22-2)15(20-17(23)19-9)13-8-7-12(24-13)10-3-5-11(18)6-4-10/h3-8,15H,1-2H3,(H2,19,20,23). The van der Waals surface area contributed by atoms with Crippen molar-refractivity contribution in [2.75, 3.05) is 7.11 Å². The fraction of sp³-hybridized carbons (Fsp3) is 0.176. The van der Waals surface area contributed by atoms with Gasteiger partial charge in [0.15, 0.2) is 5.11 Å². The number of ether oxygens (including phenoxy) is 1. The van der Waals surface area contributed by atoms with Crippen LogP contribution in [0.1, 0.15) is 17.8 Å². The summed E-state index contributed by atoms with van der Waals surface area (Å²) in [7, 11) is 1.35. The van der Waals surface area contributed by atoms with E-state index in [0.717, 1.165) is 15.3 Å². The van der Waals surface area contributed by atoms with E-state index in [9.17, 15) is 9.18 Å². The number of esters is 1. The Hall–Kier alpha value is -2.25. The maximum Gasteiger partial charge on any atom is 0.337 e. The van der Waals surface area contributed by atoms with Gasteiger partial charge in [-0.05, 0) is 49.0 Å². The normalized spacial score (nSPS) is 17.3. The molecule has 1 atom stereocenters. The molecule has 1 aromatic heterocycles. The van der Waals surface area contributed by atoms with E-state index in [4.69, 9.17) is 17.0 Å². The van der Waals surface area contributed by atoms with E-state index < -0.39 is 5.97 Å². The Kier molecular flexibility index (Phi) is 4.64. The lowest BCUT2D eigenvalue weighted by molar-refractivity contribution is -0.136. The van der Waals surface area contributed by atoms with Gasteiger partial charge in [0.25, 0.3) is 0 Å². The van der Waals surface area contributed by atoms with Crippen LogP contribution >= 0.6 is 23.6 Å². The van der Waals surface area contributed by atoms with Gasteiger partial charge >= 0.3 is 5.97 Å². The van der Waals surface area contributed by atoms with Crippen molar-refractivity contribution in [2.24, 2.45) is 0 Å². The SMILES string of the molecule is COC(=O)C1=C(C)NC(=S)NC1c1ccc(-c2ccc(F)cc2)s1. The summed E-state index contributed by atoms with van der Waals surface area (Å²) < 4.78 is 18.0. The molecule has 124 valence electrons. The van der Waals surface area contributed by atoms with Crippen LogP contribution in [0, 0.1) is 5.82 Å². The lowest BCUT2D eigenvalue weighted by atomic mass is 10.0. The lowest BCUT2D eigenvalue weighted by Crippen LogP contribution is -2.44. The van der Waals surface area contributed by atoms with Gasteiger partial charge in [-0.2, -0.15) is 0 Å². The molecule has 1 aliphatic heterocycles. The number of nitrogens with one attached hydrogen (secondary N) is 2. The van der Waals surface area contributed by atoms with Crippen LogP contribution in [-0.2, 0) is 9.53 Å². The second-order valence-electron chi connectivity index (χ2n) is 5.27. The molecule has 24 heavy (non-hydrogen) atoms. The van der Waals surface area contributed by atoms with Crippen LogP contribution in [0.4, 0.5) is 4.39 Å². The Balaban J connectivity index is 1.98. The summed E-state index contributed by atoms with van der Waals surface area (Å²) in [5.41, 5.74) is 2.09. The molecule has 1 aliphatic rings. The molecule has 0 radical (unpaired) electrons. The van der Waals surface area contributed by atoms with E-state index in [-0.39, 0.29) is 11.9 Å². The Labute approximate surface area is 148 Å². The summed E-state index contributed by atoms with van der Waals surface area (Å²) in [5.74, 6) is -0.677. The van der Waals surface area contributed by atoms with E-state index in [2.05, 4.69) is 10.6 Å². The Bertz CT molecular complexity index is 827. The Morgan fingerprint density at radius 3 is 2.62 bits per heavy atom. The van der Waals surface area contributed by atoms with Gasteiger partial charge in [-0.3, -0.25) is 0 Å². The third-order valence-electron chi connectivity index (χ3n) is 3.71. The van der Waals surface area contributed by atoms with E-state index >= 15 is 0 Å². The summed E-state index contributed by atoms with van der Waals surface area (Å²) in [4.78, 5) is 14.1. The molecule has 0 saturated carbocycles. The zero-order valence-corrected chi connectivity index (χ0v) is 14.7. The average Bonchev–Trinajstić information content (AvgIpc) is 3.04. The first kappa shape index (κ1) is 16.6. The minimum atomic E-state index is -0.406. The number of thiocarbonyl (C=S) groups is 1. The van der Waals surface area contributed by atoms with Crippen molar-refractivity contribution in [2.45, 2.75) is 13.0 Å². The highest BCUT2D eigenvalue weighted by molar-refractivity contribution is 7.80. The van der Waals surface area contributed by atoms with Gasteiger partial charge in [0, 0.05) is 15.5 Å². The average molecular weight is 362 g/mol. The summed E-state index contributed by atoms with van der Waals surface area (Å²) in [6.07, 6.45) is 0. The highest BCUT2D eigenvalue weighted by atomic mass is 32.1. The number of hydrogen-bond acceptors (Lipinski definition) is 4. The van der Waals surface area contributed by atoms with Crippen molar-refractivity contribution in [1.29, 1.82) is 0 Å². The highest BCUT2D eigenvalue weighted by Gasteiger charge is 2.31. The molecule has 4 nitrogen and oxygen atoms in total. The van der Waals surface area contributed by atoms with Crippen LogP contribution in [0.3, 0.4) is 0 Å². The first-order valence-electron chi connectivity index (χ1n) is 7.22. The van der Waals surface area contributed by atoms with Crippen LogP contribution in [0.2, 0.25) is 0 Å². The molecule has 1 aromatic carbocycles. The Morgan fingerprint density at radius 1 is 1.25 bits per heavy atom. The first-order chi connectivity index (χ1) is 11.5. The number of methoxy groups -OCH3 is 1. The maximum atomic E-state index is 13.1. The molecular weight excluding hydrogens is 347 g/mol. The molecule has 7 heteroatoms. The van der Waals surface area contributed by atoms with Gasteiger partial charge < -0.3 is 15.4 Å². The van der Waals surface area contributed by atoms with Crippen molar-refractivity contribution in [1.82, 2.24) is 10.6 Å². The van der Waals surface area contributed by atoms with Crippen LogP contribution in [0.15, 0.2) is 47.7 Å². The number of hydrogen-bond donors (Lipinski definition) is 2. The lowest BCUT2D eigenvalue weighted by Gasteiger charge is -2.28. The molecule has 2 N–H and O–H groups in total. The van der Waals surface area contributed by atoms with Gasteiger partial charge in [-0.1, -0.05) is 12.1 Å². The fourth-order valence-corrected chi connectivity index (χ4v) is 3.91. The number of benzene rings is 1. The zero-order valence-electron chi connectivity index (χ0n) is 13.1. The van der Waals surface area contributed by atoms with Crippen molar-refractivity contribution in [3.05, 3.63) is 58.4 Å². The largest absolute Gasteiger partial charge is 0.466 e. The van der Waals surface area contributed by atoms with Crippen molar-refractivity contribution in [3.8, 4) is 10.4 Å². The molecule has 2 aromatic rings. The first-order valence-corrected chi connectivity index (χ1v) is 8.44. The quantitative estimate of drug-likeness (QED) is 0.646. The number of carbonyl (C=O) groups excluding carboxylic acids is 1. The third-order valence-corrected chi connectivity index (χ3v) is 5.13. The van der Waals surface area contributed by atoms with E-state index in [1.54, 1.807) is 19.1 Å². The smallest absolute Gasteiger partial charge is 0.337 e. The number of allylic oxidation sites excluding steroid dienone is 1.